The average Bonchev–Trinajstić information content (AvgIpc) is 3.30. The summed E-state index contributed by atoms with van der Waals surface area (Å²) < 4.78 is 13.4. The largest absolute Gasteiger partial charge is 0.485 e. The van der Waals surface area contributed by atoms with Gasteiger partial charge in [-0.15, -0.1) is 0 Å². The SMILES string of the molecule is Cc1cc(C(=O)COc2cccc3c2CCC[C@@H]3O)c(C)n1Cc1ccco1. The number of ketones is 1. The molecule has 146 valence electrons. The standard InChI is InChI=1S/C23H25NO4/c1-15-12-20(16(2)24(15)13-17-6-5-11-27-17)22(26)14-28-23-10-4-7-18-19(23)8-3-9-21(18)25/h4-7,10-12,21,25H,3,8-9,13-14H2,1-2H3/t21-/m0/s1. The zero-order valence-corrected chi connectivity index (χ0v) is 16.3. The minimum Gasteiger partial charge on any atom is -0.485 e. The van der Waals surface area contributed by atoms with E-state index in [0.29, 0.717) is 17.9 Å². The van der Waals surface area contributed by atoms with Crippen molar-refractivity contribution in [2.75, 3.05) is 6.61 Å². The molecule has 3 aromatic rings. The predicted molar refractivity (Wildman–Crippen MR) is 106 cm³/mol. The van der Waals surface area contributed by atoms with Crippen LogP contribution in [-0.4, -0.2) is 22.1 Å². The molecule has 2 aromatic heterocycles. The van der Waals surface area contributed by atoms with Gasteiger partial charge in [-0.05, 0) is 68.5 Å². The number of nitrogens with zero attached hydrogens (tertiary/aromatic N) is 1. The molecule has 0 spiro atoms. The summed E-state index contributed by atoms with van der Waals surface area (Å²) in [6, 6.07) is 11.4. The highest BCUT2D eigenvalue weighted by Gasteiger charge is 2.22. The first-order valence-corrected chi connectivity index (χ1v) is 9.69. The number of aliphatic hydroxyl groups excluding tert-OH is 1. The number of fused-ring (bicyclic) bond motifs is 1. The molecule has 1 atom stereocenters. The first-order chi connectivity index (χ1) is 13.5. The number of rotatable bonds is 6. The Morgan fingerprint density at radius 3 is 2.93 bits per heavy atom. The van der Waals surface area contributed by atoms with E-state index in [9.17, 15) is 9.90 Å². The van der Waals surface area contributed by atoms with Crippen LogP contribution in [0.3, 0.4) is 0 Å². The fourth-order valence-corrected chi connectivity index (χ4v) is 4.03. The Morgan fingerprint density at radius 2 is 2.14 bits per heavy atom. The van der Waals surface area contributed by atoms with Crippen LogP contribution >= 0.6 is 0 Å². The fourth-order valence-electron chi connectivity index (χ4n) is 4.03. The Hall–Kier alpha value is -2.79. The van der Waals surface area contributed by atoms with Crippen molar-refractivity contribution < 1.29 is 19.1 Å². The van der Waals surface area contributed by atoms with Crippen molar-refractivity contribution in [3.05, 3.63) is 76.5 Å². The van der Waals surface area contributed by atoms with Gasteiger partial charge in [0.25, 0.3) is 0 Å². The first-order valence-electron chi connectivity index (χ1n) is 9.69. The van der Waals surface area contributed by atoms with Gasteiger partial charge in [0.15, 0.2) is 6.61 Å². The van der Waals surface area contributed by atoms with Crippen LogP contribution in [0.4, 0.5) is 0 Å². The quantitative estimate of drug-likeness (QED) is 0.646. The minimum atomic E-state index is -0.441. The molecule has 0 amide bonds. The second-order valence-corrected chi connectivity index (χ2v) is 7.39. The smallest absolute Gasteiger partial charge is 0.202 e. The highest BCUT2D eigenvalue weighted by atomic mass is 16.5. The molecule has 0 bridgehead atoms. The Labute approximate surface area is 164 Å². The van der Waals surface area contributed by atoms with Crippen molar-refractivity contribution in [1.82, 2.24) is 4.57 Å². The molecule has 2 heterocycles. The van der Waals surface area contributed by atoms with Gasteiger partial charge in [0, 0.05) is 17.0 Å². The Kier molecular flexibility index (Phi) is 5.09. The van der Waals surface area contributed by atoms with E-state index in [4.69, 9.17) is 9.15 Å². The van der Waals surface area contributed by atoms with Crippen molar-refractivity contribution in [2.24, 2.45) is 0 Å². The maximum Gasteiger partial charge on any atom is 0.202 e. The number of Topliss-reactive ketones (excluding diaryl/α,β-unsaturated/α-hetero) is 1. The molecule has 28 heavy (non-hydrogen) atoms. The maximum absolute atomic E-state index is 12.8. The van der Waals surface area contributed by atoms with Gasteiger partial charge in [-0.25, -0.2) is 0 Å². The van der Waals surface area contributed by atoms with Crippen molar-refractivity contribution >= 4 is 5.78 Å². The molecule has 4 rings (SSSR count). The van der Waals surface area contributed by atoms with Crippen molar-refractivity contribution in [3.63, 3.8) is 0 Å². The molecule has 5 heteroatoms. The number of benzene rings is 1. The third-order valence-corrected chi connectivity index (χ3v) is 5.56. The third kappa shape index (κ3) is 3.50. The van der Waals surface area contributed by atoms with E-state index in [0.717, 1.165) is 47.5 Å². The van der Waals surface area contributed by atoms with Crippen LogP contribution < -0.4 is 4.74 Å². The number of ether oxygens (including phenoxy) is 1. The topological polar surface area (TPSA) is 64.6 Å². The molecule has 0 saturated heterocycles. The molecule has 0 aliphatic heterocycles. The van der Waals surface area contributed by atoms with Gasteiger partial charge in [-0.3, -0.25) is 4.79 Å². The van der Waals surface area contributed by atoms with Crippen molar-refractivity contribution in [1.29, 1.82) is 0 Å². The maximum atomic E-state index is 12.8. The van der Waals surface area contributed by atoms with Gasteiger partial charge < -0.3 is 18.8 Å². The van der Waals surface area contributed by atoms with Crippen LogP contribution in [0.25, 0.3) is 0 Å². The van der Waals surface area contributed by atoms with Gasteiger partial charge in [0.05, 0.1) is 18.9 Å². The van der Waals surface area contributed by atoms with Crippen LogP contribution in [0.1, 0.15) is 57.6 Å². The minimum absolute atomic E-state index is 0.0163. The number of carbonyl (C=O) groups is 1. The average molecular weight is 379 g/mol. The Morgan fingerprint density at radius 1 is 1.29 bits per heavy atom. The first kappa shape index (κ1) is 18.6. The van der Waals surface area contributed by atoms with Crippen LogP contribution in [0.2, 0.25) is 0 Å². The summed E-state index contributed by atoms with van der Waals surface area (Å²) in [5.41, 5.74) is 4.55. The summed E-state index contributed by atoms with van der Waals surface area (Å²) >= 11 is 0. The fraction of sp³-hybridized carbons (Fsp3) is 0.348. The van der Waals surface area contributed by atoms with Gasteiger partial charge in [-0.1, -0.05) is 12.1 Å². The third-order valence-electron chi connectivity index (χ3n) is 5.56. The molecule has 0 unspecified atom stereocenters. The van der Waals surface area contributed by atoms with Gasteiger partial charge >= 0.3 is 0 Å². The second kappa shape index (κ2) is 7.68. The lowest BCUT2D eigenvalue weighted by Gasteiger charge is -2.23. The molecule has 5 nitrogen and oxygen atoms in total. The van der Waals surface area contributed by atoms with E-state index >= 15 is 0 Å². The van der Waals surface area contributed by atoms with Crippen LogP contribution in [0, 0.1) is 13.8 Å². The Bertz CT molecular complexity index is 984. The van der Waals surface area contributed by atoms with E-state index in [2.05, 4.69) is 4.57 Å². The molecule has 1 aliphatic rings. The zero-order valence-electron chi connectivity index (χ0n) is 16.3. The molecule has 0 fully saturated rings. The summed E-state index contributed by atoms with van der Waals surface area (Å²) in [6.45, 7) is 4.52. The zero-order chi connectivity index (χ0) is 19.7. The molecule has 1 aromatic carbocycles. The molecule has 1 N–H and O–H groups in total. The summed E-state index contributed by atoms with van der Waals surface area (Å²) in [5.74, 6) is 1.51. The lowest BCUT2D eigenvalue weighted by Crippen LogP contribution is -2.16. The predicted octanol–water partition coefficient (Wildman–Crippen LogP) is 4.38. The summed E-state index contributed by atoms with van der Waals surface area (Å²) in [5, 5.41) is 10.2. The summed E-state index contributed by atoms with van der Waals surface area (Å²) in [4.78, 5) is 12.8. The van der Waals surface area contributed by atoms with Gasteiger partial charge in [0.2, 0.25) is 5.78 Å². The number of aliphatic hydroxyl groups is 1. The number of hydrogen-bond donors (Lipinski definition) is 1. The number of aromatic nitrogens is 1. The lowest BCUT2D eigenvalue weighted by molar-refractivity contribution is 0.0919. The normalized spacial score (nSPS) is 16.0. The highest BCUT2D eigenvalue weighted by molar-refractivity contribution is 5.98. The number of furan rings is 1. The molecule has 1 aliphatic carbocycles. The van der Waals surface area contributed by atoms with E-state index in [1.54, 1.807) is 6.26 Å². The number of carbonyl (C=O) groups excluding carboxylic acids is 1. The molecule has 0 saturated carbocycles. The molecular weight excluding hydrogens is 354 g/mol. The van der Waals surface area contributed by atoms with Crippen LogP contribution in [0.5, 0.6) is 5.75 Å². The molecular formula is C23H25NO4. The van der Waals surface area contributed by atoms with E-state index in [-0.39, 0.29) is 12.4 Å². The van der Waals surface area contributed by atoms with Crippen molar-refractivity contribution in [2.45, 2.75) is 45.8 Å². The highest BCUT2D eigenvalue weighted by Crippen LogP contribution is 2.35. The number of hydrogen-bond acceptors (Lipinski definition) is 4. The van der Waals surface area contributed by atoms with E-state index in [1.165, 1.54) is 0 Å². The lowest BCUT2D eigenvalue weighted by atomic mass is 9.89. The molecule has 0 radical (unpaired) electrons. The van der Waals surface area contributed by atoms with E-state index in [1.807, 2.05) is 50.2 Å². The van der Waals surface area contributed by atoms with Gasteiger partial charge in [-0.2, -0.15) is 0 Å². The summed E-state index contributed by atoms with van der Waals surface area (Å²) in [6.07, 6.45) is 3.78. The van der Waals surface area contributed by atoms with Gasteiger partial charge in [0.1, 0.15) is 11.5 Å². The Balaban J connectivity index is 1.50. The van der Waals surface area contributed by atoms with Crippen molar-refractivity contribution in [3.8, 4) is 5.75 Å². The number of aryl methyl sites for hydroxylation is 1. The van der Waals surface area contributed by atoms with E-state index < -0.39 is 6.10 Å². The monoisotopic (exact) mass is 379 g/mol. The summed E-state index contributed by atoms with van der Waals surface area (Å²) in [7, 11) is 0. The second-order valence-electron chi connectivity index (χ2n) is 7.39. The van der Waals surface area contributed by atoms with Crippen LogP contribution in [0.15, 0.2) is 47.1 Å². The van der Waals surface area contributed by atoms with Crippen LogP contribution in [-0.2, 0) is 13.0 Å².